The molecule has 1 heteroatoms. The van der Waals surface area contributed by atoms with E-state index in [0.717, 1.165) is 0 Å². The van der Waals surface area contributed by atoms with Gasteiger partial charge in [0.1, 0.15) is 8.07 Å². The molecule has 0 amide bonds. The van der Waals surface area contributed by atoms with Gasteiger partial charge in [-0.3, -0.25) is 0 Å². The van der Waals surface area contributed by atoms with E-state index in [0.29, 0.717) is 0 Å². The monoisotopic (exact) mass is 161 g/mol. The maximum atomic E-state index is 5.58. The van der Waals surface area contributed by atoms with Crippen LogP contribution in [-0.2, 0) is 0 Å². The summed E-state index contributed by atoms with van der Waals surface area (Å²) in [5, 5.41) is 1.39. The van der Waals surface area contributed by atoms with Crippen LogP contribution in [0.25, 0.3) is 0 Å². The summed E-state index contributed by atoms with van der Waals surface area (Å²) in [6.07, 6.45) is 0. The molecule has 0 bridgehead atoms. The molecule has 0 unspecified atom stereocenters. The second-order valence-corrected chi connectivity index (χ2v) is 7.61. The standard InChI is InChI=1S/C10H13Si/c1-4-11(2,3)10-8-6-5-7-9-10/h1,4-9H,2-3H3. The molecule has 1 rings (SSSR count). The van der Waals surface area contributed by atoms with Gasteiger partial charge >= 0.3 is 0 Å². The molecule has 11 heavy (non-hydrogen) atoms. The summed E-state index contributed by atoms with van der Waals surface area (Å²) in [5.74, 6) is 0. The van der Waals surface area contributed by atoms with Crippen molar-refractivity contribution in [3.63, 3.8) is 0 Å². The van der Waals surface area contributed by atoms with Crippen molar-refractivity contribution in [2.75, 3.05) is 0 Å². The third-order valence-corrected chi connectivity index (χ3v) is 4.59. The highest BCUT2D eigenvalue weighted by Crippen LogP contribution is 2.02. The summed E-state index contributed by atoms with van der Waals surface area (Å²) in [6, 6.07) is 10.5. The lowest BCUT2D eigenvalue weighted by Gasteiger charge is -2.16. The zero-order valence-electron chi connectivity index (χ0n) is 7.04. The van der Waals surface area contributed by atoms with Crippen molar-refractivity contribution in [3.8, 4) is 0 Å². The lowest BCUT2D eigenvalue weighted by Crippen LogP contribution is -2.38. The van der Waals surface area contributed by atoms with Gasteiger partial charge in [-0.25, -0.2) is 0 Å². The fraction of sp³-hybridized carbons (Fsp3) is 0.200. The van der Waals surface area contributed by atoms with Crippen molar-refractivity contribution in [3.05, 3.63) is 42.6 Å². The van der Waals surface area contributed by atoms with Crippen molar-refractivity contribution in [1.82, 2.24) is 0 Å². The van der Waals surface area contributed by atoms with E-state index in [1.165, 1.54) is 5.19 Å². The Hall–Kier alpha value is -0.823. The van der Waals surface area contributed by atoms with Gasteiger partial charge in [-0.05, 0) is 0 Å². The number of hydrogen-bond acceptors (Lipinski definition) is 0. The van der Waals surface area contributed by atoms with Gasteiger partial charge in [0, 0.05) is 0 Å². The minimum atomic E-state index is -1.40. The molecular formula is C10H13Si. The minimum Gasteiger partial charge on any atom is -0.0903 e. The third kappa shape index (κ3) is 1.81. The molecule has 0 aliphatic heterocycles. The van der Waals surface area contributed by atoms with Gasteiger partial charge in [0.05, 0.1) is 0 Å². The highest BCUT2D eigenvalue weighted by Gasteiger charge is 2.17. The molecular weight excluding hydrogens is 148 g/mol. The van der Waals surface area contributed by atoms with Crippen LogP contribution in [0.4, 0.5) is 0 Å². The Kier molecular flexibility index (Phi) is 2.30. The largest absolute Gasteiger partial charge is 0.104 e. The number of hydrogen-bond donors (Lipinski definition) is 0. The molecule has 0 N–H and O–H groups in total. The van der Waals surface area contributed by atoms with Crippen LogP contribution in [-0.4, -0.2) is 8.07 Å². The molecule has 0 saturated heterocycles. The molecule has 0 heterocycles. The maximum absolute atomic E-state index is 5.58. The van der Waals surface area contributed by atoms with Crippen LogP contribution in [0, 0.1) is 6.58 Å². The average Bonchev–Trinajstić information content (AvgIpc) is 2.06. The molecule has 0 fully saturated rings. The molecule has 57 valence electrons. The van der Waals surface area contributed by atoms with E-state index < -0.39 is 8.07 Å². The molecule has 1 aromatic carbocycles. The first-order valence-corrected chi connectivity index (χ1v) is 6.86. The molecule has 0 aliphatic carbocycles. The molecule has 1 aromatic rings. The summed E-state index contributed by atoms with van der Waals surface area (Å²) in [5.41, 5.74) is 1.86. The Balaban J connectivity index is 3.02. The first-order chi connectivity index (χ1) is 5.17. The van der Waals surface area contributed by atoms with E-state index >= 15 is 0 Å². The fourth-order valence-corrected chi connectivity index (χ4v) is 2.21. The Bertz CT molecular complexity index is 236. The van der Waals surface area contributed by atoms with Crippen molar-refractivity contribution in [2.45, 2.75) is 13.1 Å². The molecule has 0 saturated carbocycles. The Morgan fingerprint density at radius 1 is 1.18 bits per heavy atom. The van der Waals surface area contributed by atoms with Crippen molar-refractivity contribution in [2.24, 2.45) is 0 Å². The second kappa shape index (κ2) is 3.05. The fourth-order valence-electron chi connectivity index (χ4n) is 0.964. The topological polar surface area (TPSA) is 0 Å². The van der Waals surface area contributed by atoms with Crippen LogP contribution in [0.1, 0.15) is 0 Å². The van der Waals surface area contributed by atoms with Gasteiger partial charge in [0.25, 0.3) is 0 Å². The van der Waals surface area contributed by atoms with Crippen LogP contribution < -0.4 is 5.19 Å². The van der Waals surface area contributed by atoms with E-state index in [-0.39, 0.29) is 0 Å². The van der Waals surface area contributed by atoms with Crippen LogP contribution in [0.2, 0.25) is 13.1 Å². The van der Waals surface area contributed by atoms with Gasteiger partial charge < -0.3 is 0 Å². The van der Waals surface area contributed by atoms with Crippen molar-refractivity contribution in [1.29, 1.82) is 0 Å². The predicted molar refractivity (Wildman–Crippen MR) is 52.4 cm³/mol. The van der Waals surface area contributed by atoms with E-state index in [4.69, 9.17) is 6.58 Å². The quantitative estimate of drug-likeness (QED) is 0.583. The van der Waals surface area contributed by atoms with Crippen LogP contribution in [0.5, 0.6) is 0 Å². The zero-order chi connectivity index (χ0) is 8.32. The Morgan fingerprint density at radius 2 is 1.73 bits per heavy atom. The zero-order valence-corrected chi connectivity index (χ0v) is 8.04. The summed E-state index contributed by atoms with van der Waals surface area (Å²) in [7, 11) is -1.40. The summed E-state index contributed by atoms with van der Waals surface area (Å²) in [4.78, 5) is 0. The predicted octanol–water partition coefficient (Wildman–Crippen LogP) is 2.13. The van der Waals surface area contributed by atoms with E-state index in [2.05, 4.69) is 37.4 Å². The minimum absolute atomic E-state index is 1.39. The summed E-state index contributed by atoms with van der Waals surface area (Å²) >= 11 is 0. The molecule has 0 atom stereocenters. The second-order valence-electron chi connectivity index (χ2n) is 3.25. The van der Waals surface area contributed by atoms with E-state index in [1.807, 2.05) is 11.8 Å². The van der Waals surface area contributed by atoms with Gasteiger partial charge in [0.15, 0.2) is 0 Å². The van der Waals surface area contributed by atoms with Crippen molar-refractivity contribution >= 4 is 13.3 Å². The van der Waals surface area contributed by atoms with Crippen LogP contribution in [0.15, 0.2) is 36.0 Å². The molecule has 1 radical (unpaired) electrons. The molecule has 0 nitrogen and oxygen atoms in total. The summed E-state index contributed by atoms with van der Waals surface area (Å²) in [6.45, 7) is 10.1. The lowest BCUT2D eigenvalue weighted by atomic mass is 10.4. The third-order valence-electron chi connectivity index (χ3n) is 1.93. The van der Waals surface area contributed by atoms with Crippen LogP contribution >= 0.6 is 0 Å². The van der Waals surface area contributed by atoms with Crippen LogP contribution in [0.3, 0.4) is 0 Å². The Labute approximate surface area is 69.6 Å². The summed E-state index contributed by atoms with van der Waals surface area (Å²) < 4.78 is 0. The first kappa shape index (κ1) is 8.28. The van der Waals surface area contributed by atoms with Gasteiger partial charge in [0.2, 0.25) is 0 Å². The highest BCUT2D eigenvalue weighted by atomic mass is 28.3. The van der Waals surface area contributed by atoms with Gasteiger partial charge in [-0.1, -0.05) is 60.9 Å². The van der Waals surface area contributed by atoms with E-state index in [1.54, 1.807) is 0 Å². The number of rotatable bonds is 2. The average molecular weight is 161 g/mol. The Morgan fingerprint density at radius 3 is 2.18 bits per heavy atom. The molecule has 0 spiro atoms. The van der Waals surface area contributed by atoms with Crippen molar-refractivity contribution < 1.29 is 0 Å². The van der Waals surface area contributed by atoms with E-state index in [9.17, 15) is 0 Å². The molecule has 0 aliphatic rings. The van der Waals surface area contributed by atoms with Gasteiger partial charge in [-0.15, -0.1) is 0 Å². The lowest BCUT2D eigenvalue weighted by molar-refractivity contribution is 1.71. The smallest absolute Gasteiger partial charge is 0.0903 e. The highest BCUT2D eigenvalue weighted by molar-refractivity contribution is 6.93. The normalized spacial score (nSPS) is 11.1. The van der Waals surface area contributed by atoms with Gasteiger partial charge in [-0.2, -0.15) is 0 Å². The first-order valence-electron chi connectivity index (χ1n) is 3.78. The maximum Gasteiger partial charge on any atom is 0.104 e. The SMILES string of the molecule is [CH]=C[Si](C)(C)c1ccccc1. The molecule has 0 aromatic heterocycles. The number of benzene rings is 1.